The van der Waals surface area contributed by atoms with Crippen LogP contribution in [0.2, 0.25) is 5.02 Å². The zero-order valence-electron chi connectivity index (χ0n) is 19.9. The summed E-state index contributed by atoms with van der Waals surface area (Å²) in [5, 5.41) is 3.46. The molecule has 0 aromatic heterocycles. The highest BCUT2D eigenvalue weighted by atomic mass is 79.9. The molecule has 3 aromatic rings. The summed E-state index contributed by atoms with van der Waals surface area (Å²) in [7, 11) is -3.81. The zero-order chi connectivity index (χ0) is 26.2. The third-order valence-corrected chi connectivity index (χ3v) is 9.41. The molecule has 1 saturated heterocycles. The van der Waals surface area contributed by atoms with Crippen molar-refractivity contribution >= 4 is 60.7 Å². The Labute approximate surface area is 229 Å². The van der Waals surface area contributed by atoms with Crippen LogP contribution in [0.25, 0.3) is 0 Å². The first-order chi connectivity index (χ1) is 17.7. The van der Waals surface area contributed by atoms with Crippen molar-refractivity contribution < 1.29 is 18.0 Å². The summed E-state index contributed by atoms with van der Waals surface area (Å²) >= 11 is 9.46. The van der Waals surface area contributed by atoms with Gasteiger partial charge in [0.05, 0.1) is 17.9 Å². The highest BCUT2D eigenvalue weighted by Gasteiger charge is 2.37. The quantitative estimate of drug-likeness (QED) is 0.411. The Morgan fingerprint density at radius 1 is 1.03 bits per heavy atom. The molecule has 2 heterocycles. The number of piperidine rings is 1. The molecule has 0 saturated carbocycles. The number of sulfonamides is 1. The van der Waals surface area contributed by atoms with Crippen molar-refractivity contribution in [1.82, 2.24) is 4.31 Å². The van der Waals surface area contributed by atoms with Crippen molar-refractivity contribution in [3.63, 3.8) is 0 Å². The van der Waals surface area contributed by atoms with Gasteiger partial charge in [0.25, 0.3) is 0 Å². The standard InChI is InChI=1S/C27H25BrClN3O4S/c28-20-7-12-23(13-8-20)37(35,36)32-14-2-1-3-24(32)27(34)30-22-10-4-18(5-11-22)17-31-25-16-21(29)9-6-19(25)15-26(31)33/h4-13,16,24H,1-3,14-15,17H2,(H,30,34). The van der Waals surface area contributed by atoms with E-state index in [0.29, 0.717) is 43.1 Å². The number of hydrogen-bond acceptors (Lipinski definition) is 4. The Bertz CT molecular complexity index is 1450. The summed E-state index contributed by atoms with van der Waals surface area (Å²) in [6, 6.07) is 18.3. The van der Waals surface area contributed by atoms with E-state index in [1.807, 2.05) is 18.2 Å². The molecule has 37 heavy (non-hydrogen) atoms. The average Bonchev–Trinajstić information content (AvgIpc) is 3.19. The molecular formula is C27H25BrClN3O4S. The Morgan fingerprint density at radius 3 is 2.49 bits per heavy atom. The van der Waals surface area contributed by atoms with E-state index in [4.69, 9.17) is 11.6 Å². The van der Waals surface area contributed by atoms with Crippen LogP contribution in [0.3, 0.4) is 0 Å². The molecule has 2 aliphatic heterocycles. The number of halogens is 2. The Hall–Kier alpha value is -2.72. The maximum atomic E-state index is 13.3. The second-order valence-electron chi connectivity index (χ2n) is 9.20. The first-order valence-corrected chi connectivity index (χ1v) is 14.6. The third-order valence-electron chi connectivity index (χ3n) is 6.72. The van der Waals surface area contributed by atoms with Crippen LogP contribution in [0.1, 0.15) is 30.4 Å². The summed E-state index contributed by atoms with van der Waals surface area (Å²) in [6.45, 7) is 0.688. The van der Waals surface area contributed by atoms with E-state index >= 15 is 0 Å². The zero-order valence-corrected chi connectivity index (χ0v) is 23.0. The molecule has 0 radical (unpaired) electrons. The molecule has 5 rings (SSSR count). The lowest BCUT2D eigenvalue weighted by Gasteiger charge is -2.33. The Balaban J connectivity index is 1.28. The van der Waals surface area contributed by atoms with E-state index in [9.17, 15) is 18.0 Å². The van der Waals surface area contributed by atoms with E-state index in [-0.39, 0.29) is 16.7 Å². The van der Waals surface area contributed by atoms with Gasteiger partial charge in [-0.3, -0.25) is 9.59 Å². The van der Waals surface area contributed by atoms with Gasteiger partial charge in [-0.2, -0.15) is 4.31 Å². The largest absolute Gasteiger partial charge is 0.325 e. The maximum absolute atomic E-state index is 13.3. The van der Waals surface area contributed by atoms with Crippen LogP contribution in [0.5, 0.6) is 0 Å². The van der Waals surface area contributed by atoms with E-state index < -0.39 is 16.1 Å². The number of benzene rings is 3. The summed E-state index contributed by atoms with van der Waals surface area (Å²) in [4.78, 5) is 27.6. The fourth-order valence-electron chi connectivity index (χ4n) is 4.80. The number of nitrogens with zero attached hydrogens (tertiary/aromatic N) is 2. The van der Waals surface area contributed by atoms with Crippen molar-refractivity contribution in [3.8, 4) is 0 Å². The number of rotatable bonds is 6. The first kappa shape index (κ1) is 25.9. The van der Waals surface area contributed by atoms with Crippen LogP contribution in [0.4, 0.5) is 11.4 Å². The molecule has 1 atom stereocenters. The first-order valence-electron chi connectivity index (χ1n) is 12.0. The maximum Gasteiger partial charge on any atom is 0.243 e. The van der Waals surface area contributed by atoms with Crippen LogP contribution >= 0.6 is 27.5 Å². The van der Waals surface area contributed by atoms with Gasteiger partial charge in [-0.25, -0.2) is 8.42 Å². The van der Waals surface area contributed by atoms with Gasteiger partial charge in [0.15, 0.2) is 0 Å². The van der Waals surface area contributed by atoms with Crippen molar-refractivity contribution in [2.45, 2.75) is 43.2 Å². The Kier molecular flexibility index (Phi) is 7.40. The number of anilines is 2. The fourth-order valence-corrected chi connectivity index (χ4v) is 6.89. The molecule has 0 bridgehead atoms. The van der Waals surface area contributed by atoms with E-state index in [2.05, 4.69) is 21.2 Å². The molecule has 1 N–H and O–H groups in total. The molecule has 3 aromatic carbocycles. The SMILES string of the molecule is O=C(Nc1ccc(CN2C(=O)Cc3ccc(Cl)cc32)cc1)C1CCCCN1S(=O)(=O)c1ccc(Br)cc1. The minimum absolute atomic E-state index is 0.0130. The molecule has 192 valence electrons. The minimum atomic E-state index is -3.81. The van der Waals surface area contributed by atoms with Crippen molar-refractivity contribution in [2.75, 3.05) is 16.8 Å². The van der Waals surface area contributed by atoms with Crippen molar-refractivity contribution in [2.24, 2.45) is 0 Å². The van der Waals surface area contributed by atoms with Gasteiger partial charge in [-0.1, -0.05) is 52.2 Å². The number of fused-ring (bicyclic) bond motifs is 1. The van der Waals surface area contributed by atoms with E-state index in [1.54, 1.807) is 53.4 Å². The summed E-state index contributed by atoms with van der Waals surface area (Å²) < 4.78 is 28.7. The highest BCUT2D eigenvalue weighted by Crippen LogP contribution is 2.33. The molecule has 7 nitrogen and oxygen atoms in total. The van der Waals surface area contributed by atoms with Crippen LogP contribution in [0.15, 0.2) is 76.1 Å². The van der Waals surface area contributed by atoms with E-state index in [1.165, 1.54) is 4.31 Å². The molecule has 0 spiro atoms. The number of carbonyl (C=O) groups excluding carboxylic acids is 2. The predicted molar refractivity (Wildman–Crippen MR) is 147 cm³/mol. The minimum Gasteiger partial charge on any atom is -0.325 e. The molecule has 1 fully saturated rings. The number of hydrogen-bond donors (Lipinski definition) is 1. The smallest absolute Gasteiger partial charge is 0.243 e. The van der Waals surface area contributed by atoms with Gasteiger partial charge in [-0.05, 0) is 72.5 Å². The van der Waals surface area contributed by atoms with Crippen molar-refractivity contribution in [1.29, 1.82) is 0 Å². The van der Waals surface area contributed by atoms with E-state index in [0.717, 1.165) is 27.7 Å². The van der Waals surface area contributed by atoms with Crippen LogP contribution in [0, 0.1) is 0 Å². The highest BCUT2D eigenvalue weighted by molar-refractivity contribution is 9.10. The van der Waals surface area contributed by atoms with Gasteiger partial charge in [-0.15, -0.1) is 0 Å². The monoisotopic (exact) mass is 601 g/mol. The molecule has 2 amide bonds. The van der Waals surface area contributed by atoms with Crippen LogP contribution in [-0.4, -0.2) is 37.1 Å². The Morgan fingerprint density at radius 2 is 1.76 bits per heavy atom. The lowest BCUT2D eigenvalue weighted by molar-refractivity contribution is -0.120. The molecular weight excluding hydrogens is 578 g/mol. The molecule has 10 heteroatoms. The average molecular weight is 603 g/mol. The normalized spacial score (nSPS) is 18.1. The van der Waals surface area contributed by atoms with Gasteiger partial charge in [0.2, 0.25) is 21.8 Å². The second kappa shape index (κ2) is 10.6. The fraction of sp³-hybridized carbons (Fsp3) is 0.259. The predicted octanol–water partition coefficient (Wildman–Crippen LogP) is 5.37. The van der Waals surface area contributed by atoms with Crippen molar-refractivity contribution in [3.05, 3.63) is 87.4 Å². The number of carbonyl (C=O) groups is 2. The summed E-state index contributed by atoms with van der Waals surface area (Å²) in [6.07, 6.45) is 2.29. The molecule has 0 aliphatic carbocycles. The van der Waals surface area contributed by atoms with Gasteiger partial charge >= 0.3 is 0 Å². The molecule has 1 unspecified atom stereocenters. The number of amides is 2. The third kappa shape index (κ3) is 5.45. The lowest BCUT2D eigenvalue weighted by Crippen LogP contribution is -2.49. The summed E-state index contributed by atoms with van der Waals surface area (Å²) in [5.41, 5.74) is 3.24. The lowest BCUT2D eigenvalue weighted by atomic mass is 10.0. The van der Waals surface area contributed by atoms with Crippen LogP contribution < -0.4 is 10.2 Å². The molecule has 2 aliphatic rings. The van der Waals surface area contributed by atoms with Gasteiger partial charge < -0.3 is 10.2 Å². The number of nitrogens with one attached hydrogen (secondary N) is 1. The second-order valence-corrected chi connectivity index (χ2v) is 12.4. The topological polar surface area (TPSA) is 86.8 Å². The van der Waals surface area contributed by atoms with Gasteiger partial charge in [0, 0.05) is 27.4 Å². The van der Waals surface area contributed by atoms with Gasteiger partial charge in [0.1, 0.15) is 6.04 Å². The van der Waals surface area contributed by atoms with Crippen LogP contribution in [-0.2, 0) is 32.6 Å². The summed E-state index contributed by atoms with van der Waals surface area (Å²) in [5.74, 6) is -0.342.